The summed E-state index contributed by atoms with van der Waals surface area (Å²) in [5.74, 6) is 1.50. The Hall–Kier alpha value is -0.610. The third-order valence-corrected chi connectivity index (χ3v) is 4.07. The van der Waals surface area contributed by atoms with Gasteiger partial charge >= 0.3 is 0 Å². The molecule has 2 atom stereocenters. The molecule has 0 radical (unpaired) electrons. The first kappa shape index (κ1) is 11.9. The lowest BCUT2D eigenvalue weighted by atomic mass is 9.98. The summed E-state index contributed by atoms with van der Waals surface area (Å²) < 4.78 is 0. The average molecular weight is 227 g/mol. The summed E-state index contributed by atoms with van der Waals surface area (Å²) in [5, 5.41) is 21.3. The molecule has 3 N–H and O–H groups in total. The number of aliphatic hydroxyl groups is 2. The van der Waals surface area contributed by atoms with Crippen LogP contribution in [0.1, 0.15) is 32.6 Å². The van der Waals surface area contributed by atoms with Crippen molar-refractivity contribution in [2.45, 2.75) is 38.1 Å². The second-order valence-corrected chi connectivity index (χ2v) is 5.28. The van der Waals surface area contributed by atoms with Gasteiger partial charge in [0.1, 0.15) is 0 Å². The Morgan fingerprint density at radius 3 is 2.44 bits per heavy atom. The van der Waals surface area contributed by atoms with E-state index in [1.807, 2.05) is 6.92 Å². The van der Waals surface area contributed by atoms with Gasteiger partial charge in [0.2, 0.25) is 5.91 Å². The van der Waals surface area contributed by atoms with Crippen LogP contribution in [0.5, 0.6) is 0 Å². The first-order valence-corrected chi connectivity index (χ1v) is 6.19. The fourth-order valence-corrected chi connectivity index (χ4v) is 2.36. The number of nitrogens with one attached hydrogen (secondary N) is 1. The zero-order chi connectivity index (χ0) is 11.8. The molecule has 0 aromatic heterocycles. The van der Waals surface area contributed by atoms with Crippen LogP contribution in [0, 0.1) is 17.8 Å². The van der Waals surface area contributed by atoms with Gasteiger partial charge in [0, 0.05) is 5.92 Å². The van der Waals surface area contributed by atoms with Crippen molar-refractivity contribution >= 4 is 5.91 Å². The van der Waals surface area contributed by atoms with Gasteiger partial charge in [-0.05, 0) is 37.5 Å². The molecule has 0 aromatic carbocycles. The van der Waals surface area contributed by atoms with E-state index in [2.05, 4.69) is 5.32 Å². The van der Waals surface area contributed by atoms with Gasteiger partial charge in [-0.15, -0.1) is 0 Å². The maximum Gasteiger partial charge on any atom is 0.224 e. The highest BCUT2D eigenvalue weighted by Crippen LogP contribution is 2.54. The fraction of sp³-hybridized carbons (Fsp3) is 0.917. The summed E-state index contributed by atoms with van der Waals surface area (Å²) in [6.45, 7) is 1.46. The van der Waals surface area contributed by atoms with E-state index >= 15 is 0 Å². The molecule has 2 aliphatic rings. The van der Waals surface area contributed by atoms with Crippen molar-refractivity contribution < 1.29 is 15.0 Å². The first-order valence-electron chi connectivity index (χ1n) is 6.19. The molecule has 2 aliphatic carbocycles. The van der Waals surface area contributed by atoms with E-state index in [-0.39, 0.29) is 25.0 Å². The minimum atomic E-state index is -0.826. The predicted octanol–water partition coefficient (Wildman–Crippen LogP) is 0.282. The maximum atomic E-state index is 11.9. The van der Waals surface area contributed by atoms with Crippen LogP contribution in [0.15, 0.2) is 0 Å². The molecule has 0 heterocycles. The molecular formula is C12H21NO3. The lowest BCUT2D eigenvalue weighted by Gasteiger charge is -2.29. The summed E-state index contributed by atoms with van der Waals surface area (Å²) in [6, 6.07) is 0. The second-order valence-electron chi connectivity index (χ2n) is 5.28. The fourth-order valence-electron chi connectivity index (χ4n) is 2.36. The number of carbonyl (C=O) groups excluding carboxylic acids is 1. The highest BCUT2D eigenvalue weighted by Gasteiger charge is 2.52. The number of carbonyl (C=O) groups is 1. The molecule has 2 fully saturated rings. The van der Waals surface area contributed by atoms with Crippen molar-refractivity contribution in [1.82, 2.24) is 5.32 Å². The number of aliphatic hydroxyl groups excluding tert-OH is 2. The van der Waals surface area contributed by atoms with Crippen LogP contribution in [0.2, 0.25) is 0 Å². The van der Waals surface area contributed by atoms with Gasteiger partial charge < -0.3 is 15.5 Å². The van der Waals surface area contributed by atoms with E-state index in [1.165, 1.54) is 12.8 Å². The standard InChI is InChI=1S/C12H21NO3/c1-2-12(6-14,7-15)13-11(16)10-5-9(10)8-3-4-8/h8-10,14-15H,2-7H2,1H3,(H,13,16)/t9-,10+/m0/s1. The molecule has 0 unspecified atom stereocenters. The topological polar surface area (TPSA) is 69.6 Å². The molecular weight excluding hydrogens is 206 g/mol. The number of amides is 1. The van der Waals surface area contributed by atoms with Gasteiger partial charge in [-0.1, -0.05) is 6.92 Å². The van der Waals surface area contributed by atoms with Crippen molar-refractivity contribution in [3.05, 3.63) is 0 Å². The molecule has 0 aliphatic heterocycles. The van der Waals surface area contributed by atoms with Crippen molar-refractivity contribution in [3.63, 3.8) is 0 Å². The summed E-state index contributed by atoms with van der Waals surface area (Å²) in [6.07, 6.45) is 4.08. The van der Waals surface area contributed by atoms with Gasteiger partial charge in [-0.3, -0.25) is 4.79 Å². The van der Waals surface area contributed by atoms with Crippen LogP contribution in [0.4, 0.5) is 0 Å². The smallest absolute Gasteiger partial charge is 0.224 e. The second kappa shape index (κ2) is 4.34. The third-order valence-electron chi connectivity index (χ3n) is 4.07. The highest BCUT2D eigenvalue weighted by atomic mass is 16.3. The Morgan fingerprint density at radius 2 is 2.00 bits per heavy atom. The van der Waals surface area contributed by atoms with E-state index in [0.29, 0.717) is 12.3 Å². The van der Waals surface area contributed by atoms with E-state index in [0.717, 1.165) is 12.3 Å². The summed E-state index contributed by atoms with van der Waals surface area (Å²) >= 11 is 0. The average Bonchev–Trinajstić information content (AvgIpc) is 3.17. The highest BCUT2D eigenvalue weighted by molar-refractivity contribution is 5.82. The van der Waals surface area contributed by atoms with Crippen molar-refractivity contribution in [1.29, 1.82) is 0 Å². The maximum absolute atomic E-state index is 11.9. The molecule has 4 heteroatoms. The van der Waals surface area contributed by atoms with Crippen LogP contribution in [0.3, 0.4) is 0 Å². The molecule has 4 nitrogen and oxygen atoms in total. The van der Waals surface area contributed by atoms with Gasteiger partial charge in [-0.25, -0.2) is 0 Å². The Labute approximate surface area is 96.0 Å². The number of rotatable bonds is 6. The molecule has 0 spiro atoms. The van der Waals surface area contributed by atoms with Crippen LogP contribution >= 0.6 is 0 Å². The number of hydrogen-bond donors (Lipinski definition) is 3. The molecule has 0 saturated heterocycles. The van der Waals surface area contributed by atoms with Crippen LogP contribution in [0.25, 0.3) is 0 Å². The molecule has 92 valence electrons. The Balaban J connectivity index is 1.86. The van der Waals surface area contributed by atoms with Crippen LogP contribution in [-0.2, 0) is 4.79 Å². The van der Waals surface area contributed by atoms with Gasteiger partial charge in [0.15, 0.2) is 0 Å². The normalized spacial score (nSPS) is 28.9. The molecule has 16 heavy (non-hydrogen) atoms. The van der Waals surface area contributed by atoms with E-state index in [9.17, 15) is 15.0 Å². The van der Waals surface area contributed by atoms with Crippen molar-refractivity contribution in [2.75, 3.05) is 13.2 Å². The minimum Gasteiger partial charge on any atom is -0.394 e. The first-order chi connectivity index (χ1) is 7.65. The molecule has 0 bridgehead atoms. The quantitative estimate of drug-likeness (QED) is 0.610. The molecule has 0 aromatic rings. The molecule has 2 rings (SSSR count). The van der Waals surface area contributed by atoms with E-state index in [1.54, 1.807) is 0 Å². The van der Waals surface area contributed by atoms with Crippen molar-refractivity contribution in [3.8, 4) is 0 Å². The molecule has 2 saturated carbocycles. The van der Waals surface area contributed by atoms with Gasteiger partial charge in [-0.2, -0.15) is 0 Å². The predicted molar refractivity (Wildman–Crippen MR) is 59.7 cm³/mol. The van der Waals surface area contributed by atoms with Crippen LogP contribution in [-0.4, -0.2) is 34.9 Å². The van der Waals surface area contributed by atoms with E-state index in [4.69, 9.17) is 0 Å². The van der Waals surface area contributed by atoms with Gasteiger partial charge in [0.25, 0.3) is 0 Å². The Morgan fingerprint density at radius 1 is 1.38 bits per heavy atom. The summed E-state index contributed by atoms with van der Waals surface area (Å²) in [7, 11) is 0. The third kappa shape index (κ3) is 2.23. The van der Waals surface area contributed by atoms with E-state index < -0.39 is 5.54 Å². The van der Waals surface area contributed by atoms with Crippen LogP contribution < -0.4 is 5.32 Å². The Kier molecular flexibility index (Phi) is 3.22. The zero-order valence-corrected chi connectivity index (χ0v) is 9.78. The molecule has 1 amide bonds. The summed E-state index contributed by atoms with van der Waals surface area (Å²) in [5.41, 5.74) is -0.826. The lowest BCUT2D eigenvalue weighted by molar-refractivity contribution is -0.126. The van der Waals surface area contributed by atoms with Gasteiger partial charge in [0.05, 0.1) is 18.8 Å². The summed E-state index contributed by atoms with van der Waals surface area (Å²) in [4.78, 5) is 11.9. The minimum absolute atomic E-state index is 0.0156. The SMILES string of the molecule is CCC(CO)(CO)NC(=O)[C@@H]1C[C@H]1C1CC1. The monoisotopic (exact) mass is 227 g/mol. The zero-order valence-electron chi connectivity index (χ0n) is 9.78. The number of hydrogen-bond acceptors (Lipinski definition) is 3. The lowest BCUT2D eigenvalue weighted by Crippen LogP contribution is -2.54. The van der Waals surface area contributed by atoms with Crippen molar-refractivity contribution in [2.24, 2.45) is 17.8 Å². The Bertz CT molecular complexity index is 263. The largest absolute Gasteiger partial charge is 0.394 e.